The Morgan fingerprint density at radius 1 is 1.15 bits per heavy atom. The first-order chi connectivity index (χ1) is 15.8. The number of rotatable bonds is 6. The summed E-state index contributed by atoms with van der Waals surface area (Å²) in [7, 11) is 1.40. The van der Waals surface area contributed by atoms with Crippen molar-refractivity contribution in [1.82, 2.24) is 24.7 Å². The molecule has 3 aromatic rings. The van der Waals surface area contributed by atoms with Crippen LogP contribution >= 0.6 is 0 Å². The van der Waals surface area contributed by atoms with Gasteiger partial charge in [-0.3, -0.25) is 4.90 Å². The number of hydrogen-bond acceptors (Lipinski definition) is 7. The summed E-state index contributed by atoms with van der Waals surface area (Å²) in [4.78, 5) is 2.52. The number of ether oxygens (including phenoxy) is 2. The van der Waals surface area contributed by atoms with Crippen LogP contribution in [-0.4, -0.2) is 57.7 Å². The first-order valence-corrected chi connectivity index (χ1v) is 10.9. The summed E-state index contributed by atoms with van der Waals surface area (Å²) < 4.78 is 51.7. The molecule has 2 fully saturated rings. The van der Waals surface area contributed by atoms with Crippen LogP contribution in [0.5, 0.6) is 5.75 Å². The van der Waals surface area contributed by atoms with E-state index >= 15 is 0 Å². The molecule has 1 aliphatic carbocycles. The summed E-state index contributed by atoms with van der Waals surface area (Å²) in [6.45, 7) is 1.83. The van der Waals surface area contributed by atoms with Crippen LogP contribution in [0.4, 0.5) is 19.1 Å². The number of fused-ring (bicyclic) bond motifs is 1. The molecular weight excluding hydrogens is 437 g/mol. The van der Waals surface area contributed by atoms with Gasteiger partial charge < -0.3 is 15.2 Å². The van der Waals surface area contributed by atoms with E-state index in [1.165, 1.54) is 30.5 Å². The minimum Gasteiger partial charge on any atom is -0.467 e. The number of anilines is 1. The molecule has 5 rings (SSSR count). The monoisotopic (exact) mass is 462 g/mol. The highest BCUT2D eigenvalue weighted by Gasteiger charge is 2.34. The van der Waals surface area contributed by atoms with E-state index in [0.29, 0.717) is 22.8 Å². The highest BCUT2D eigenvalue weighted by Crippen LogP contribution is 2.39. The van der Waals surface area contributed by atoms with Gasteiger partial charge in [0.15, 0.2) is 6.79 Å². The maximum Gasteiger partial charge on any atom is 0.416 e. The maximum atomic E-state index is 13.3. The number of halogens is 3. The summed E-state index contributed by atoms with van der Waals surface area (Å²) in [6.07, 6.45) is 0.111. The van der Waals surface area contributed by atoms with E-state index in [2.05, 4.69) is 15.1 Å². The van der Waals surface area contributed by atoms with Gasteiger partial charge >= 0.3 is 6.18 Å². The molecule has 176 valence electrons. The van der Waals surface area contributed by atoms with Gasteiger partial charge in [0.05, 0.1) is 16.8 Å². The van der Waals surface area contributed by atoms with Crippen molar-refractivity contribution in [2.45, 2.75) is 43.8 Å². The topological polar surface area (TPSA) is 90.8 Å². The number of piperidine rings is 1. The molecule has 2 aliphatic rings. The third kappa shape index (κ3) is 4.34. The summed E-state index contributed by atoms with van der Waals surface area (Å²) in [5.41, 5.74) is 7.38. The Bertz CT molecular complexity index is 1160. The van der Waals surface area contributed by atoms with Crippen molar-refractivity contribution in [3.63, 3.8) is 0 Å². The van der Waals surface area contributed by atoms with Crippen molar-refractivity contribution < 1.29 is 22.6 Å². The molecule has 0 bridgehead atoms. The van der Waals surface area contributed by atoms with Gasteiger partial charge in [0.1, 0.15) is 11.4 Å². The third-order valence-electron chi connectivity index (χ3n) is 6.27. The van der Waals surface area contributed by atoms with Crippen molar-refractivity contribution in [2.24, 2.45) is 0 Å². The number of likely N-dealkylation sites (tertiary alicyclic amines) is 1. The van der Waals surface area contributed by atoms with Crippen LogP contribution in [0.2, 0.25) is 0 Å². The number of methoxy groups -OCH3 is 1. The van der Waals surface area contributed by atoms with Gasteiger partial charge in [-0.15, -0.1) is 10.2 Å². The van der Waals surface area contributed by atoms with Gasteiger partial charge in [-0.05, 0) is 56.5 Å². The summed E-state index contributed by atoms with van der Waals surface area (Å²) >= 11 is 0. The Morgan fingerprint density at radius 3 is 2.70 bits per heavy atom. The Labute approximate surface area is 188 Å². The smallest absolute Gasteiger partial charge is 0.416 e. The van der Waals surface area contributed by atoms with Crippen molar-refractivity contribution >= 4 is 11.5 Å². The predicted molar refractivity (Wildman–Crippen MR) is 115 cm³/mol. The van der Waals surface area contributed by atoms with E-state index in [1.807, 2.05) is 6.07 Å². The summed E-state index contributed by atoms with van der Waals surface area (Å²) in [6, 6.07) is 5.86. The zero-order chi connectivity index (χ0) is 23.2. The third-order valence-corrected chi connectivity index (χ3v) is 6.27. The zero-order valence-corrected chi connectivity index (χ0v) is 18.2. The molecule has 2 aromatic heterocycles. The van der Waals surface area contributed by atoms with Gasteiger partial charge in [0, 0.05) is 31.2 Å². The van der Waals surface area contributed by atoms with Gasteiger partial charge in [-0.25, -0.2) is 0 Å². The molecule has 3 heterocycles. The van der Waals surface area contributed by atoms with Gasteiger partial charge in [-0.1, -0.05) is 0 Å². The first-order valence-electron chi connectivity index (χ1n) is 10.9. The lowest BCUT2D eigenvalue weighted by Crippen LogP contribution is -2.36. The molecule has 8 nitrogen and oxygen atoms in total. The van der Waals surface area contributed by atoms with Gasteiger partial charge in [0.25, 0.3) is 0 Å². The Balaban J connectivity index is 1.56. The fourth-order valence-corrected chi connectivity index (χ4v) is 4.48. The molecule has 0 amide bonds. The van der Waals surface area contributed by atoms with E-state index in [1.54, 1.807) is 0 Å². The fourth-order valence-electron chi connectivity index (χ4n) is 4.48. The van der Waals surface area contributed by atoms with Crippen molar-refractivity contribution in [3.05, 3.63) is 35.5 Å². The second kappa shape index (κ2) is 8.45. The zero-order valence-electron chi connectivity index (χ0n) is 18.2. The van der Waals surface area contributed by atoms with E-state index in [4.69, 9.17) is 20.3 Å². The minimum absolute atomic E-state index is 0.00651. The number of aromatic nitrogens is 4. The quantitative estimate of drug-likeness (QED) is 0.559. The number of hydrogen-bond donors (Lipinski definition) is 1. The van der Waals surface area contributed by atoms with Crippen LogP contribution in [0.15, 0.2) is 24.3 Å². The average Bonchev–Trinajstić information content (AvgIpc) is 3.55. The molecule has 1 saturated heterocycles. The van der Waals surface area contributed by atoms with Crippen LogP contribution in [0, 0.1) is 0 Å². The number of benzene rings is 1. The summed E-state index contributed by atoms with van der Waals surface area (Å²) in [5.74, 6) is 0.359. The molecule has 1 aliphatic heterocycles. The van der Waals surface area contributed by atoms with Gasteiger partial charge in [0.2, 0.25) is 5.95 Å². The second-order valence-corrected chi connectivity index (χ2v) is 8.60. The molecule has 1 atom stereocenters. The SMILES string of the molecule is COCOc1cc(C(F)(F)F)ccc1-c1nnc(N)n2nc(C3CCCN(C4CC4)C3)cc12. The van der Waals surface area contributed by atoms with Crippen LogP contribution in [-0.2, 0) is 10.9 Å². The number of nitrogens with two attached hydrogens (primary N) is 1. The Kier molecular flexibility index (Phi) is 5.61. The molecule has 0 radical (unpaired) electrons. The highest BCUT2D eigenvalue weighted by atomic mass is 19.4. The molecule has 1 aromatic carbocycles. The molecule has 33 heavy (non-hydrogen) atoms. The normalized spacial score (nSPS) is 19.8. The number of nitrogen functional groups attached to an aromatic ring is 1. The van der Waals surface area contributed by atoms with E-state index < -0.39 is 11.7 Å². The second-order valence-electron chi connectivity index (χ2n) is 8.60. The standard InChI is InChI=1S/C22H25F3N6O2/c1-32-12-33-19-9-14(22(23,24)25)4-7-16(19)20-18-10-17(29-31(18)21(26)28-27-20)13-3-2-8-30(11-13)15-5-6-15/h4,7,9-10,13,15H,2-3,5-6,8,11-12H2,1H3,(H2,26,28). The Hall–Kier alpha value is -2.92. The molecule has 1 saturated carbocycles. The fraction of sp³-hybridized carbons (Fsp3) is 0.500. The summed E-state index contributed by atoms with van der Waals surface area (Å²) in [5, 5.41) is 12.9. The Morgan fingerprint density at radius 2 is 1.97 bits per heavy atom. The van der Waals surface area contributed by atoms with Crippen LogP contribution < -0.4 is 10.5 Å². The molecular formula is C22H25F3N6O2. The molecule has 2 N–H and O–H groups in total. The lowest BCUT2D eigenvalue weighted by atomic mass is 9.94. The van der Waals surface area contributed by atoms with E-state index in [0.717, 1.165) is 43.8 Å². The first kappa shape index (κ1) is 21.9. The highest BCUT2D eigenvalue weighted by molar-refractivity contribution is 5.81. The average molecular weight is 462 g/mol. The molecule has 1 unspecified atom stereocenters. The van der Waals surface area contributed by atoms with Crippen LogP contribution in [0.1, 0.15) is 42.9 Å². The van der Waals surface area contributed by atoms with Gasteiger partial charge in [-0.2, -0.15) is 22.8 Å². The van der Waals surface area contributed by atoms with Crippen molar-refractivity contribution in [3.8, 4) is 17.0 Å². The van der Waals surface area contributed by atoms with Crippen LogP contribution in [0.3, 0.4) is 0 Å². The minimum atomic E-state index is -4.51. The molecule has 0 spiro atoms. The van der Waals surface area contributed by atoms with Crippen molar-refractivity contribution in [1.29, 1.82) is 0 Å². The van der Waals surface area contributed by atoms with Crippen molar-refractivity contribution in [2.75, 3.05) is 32.7 Å². The van der Waals surface area contributed by atoms with E-state index in [-0.39, 0.29) is 24.4 Å². The maximum absolute atomic E-state index is 13.3. The van der Waals surface area contributed by atoms with Crippen LogP contribution in [0.25, 0.3) is 16.8 Å². The number of nitrogens with zero attached hydrogens (tertiary/aromatic N) is 5. The predicted octanol–water partition coefficient (Wildman–Crippen LogP) is 3.72. The number of alkyl halides is 3. The lowest BCUT2D eigenvalue weighted by molar-refractivity contribution is -0.137. The van der Waals surface area contributed by atoms with E-state index in [9.17, 15) is 13.2 Å². The lowest BCUT2D eigenvalue weighted by Gasteiger charge is -2.31. The molecule has 11 heteroatoms. The largest absolute Gasteiger partial charge is 0.467 e.